The molecule has 5 aliphatic rings. The molecular formula is C36H45N5O4S. The van der Waals surface area contributed by atoms with E-state index in [1.165, 1.54) is 47.0 Å². The van der Waals surface area contributed by atoms with Crippen LogP contribution < -0.4 is 10.5 Å². The van der Waals surface area contributed by atoms with Gasteiger partial charge >= 0.3 is 0 Å². The standard InChI is InChI=1S/C34H38N4O4.C2H7NS/c1-19(39)36-16-22-13-23(17-36)38(22)33(41)34-15-28(34)27-14-24(42-2)9-11-25(27)31-30(20-6-4-3-5-7-20)26-10-8-21(32(35)40)12-29(26)37(31)18-34;1-3(2)4/h8-12,14,20,22-23,28H,3-7,13,15-18H2,1-2H3,(H2,35,40);4H,1-2H3/t22-,23+,28?,34?;. The molecule has 2 aliphatic carbocycles. The number of benzene rings is 2. The van der Waals surface area contributed by atoms with E-state index in [0.717, 1.165) is 36.9 Å². The molecule has 2 saturated carbocycles. The van der Waals surface area contributed by atoms with E-state index >= 15 is 0 Å². The zero-order chi connectivity index (χ0) is 32.5. The van der Waals surface area contributed by atoms with Crippen molar-refractivity contribution in [1.82, 2.24) is 18.7 Å². The molecule has 0 radical (unpaired) electrons. The SMILES string of the molecule is CN(C)S.COc1ccc2c(c1)C1CC1(C(=O)N1[C@@H]3C[C@H]1CN(C(C)=O)C3)Cn1c-2c(C2CCCCC2)c2ccc(C(N)=O)cc21. The smallest absolute Gasteiger partial charge is 0.248 e. The number of nitrogens with zero attached hydrogens (tertiary/aromatic N) is 4. The minimum absolute atomic E-state index is 0.0821. The lowest BCUT2D eigenvalue weighted by molar-refractivity contribution is -0.165. The number of fused-ring (bicyclic) bond motifs is 9. The van der Waals surface area contributed by atoms with Crippen molar-refractivity contribution in [3.05, 3.63) is 53.1 Å². The molecule has 4 atom stereocenters. The van der Waals surface area contributed by atoms with Crippen LogP contribution in [0.4, 0.5) is 0 Å². The van der Waals surface area contributed by atoms with E-state index in [1.807, 2.05) is 37.2 Å². The van der Waals surface area contributed by atoms with Crippen LogP contribution in [0.25, 0.3) is 22.2 Å². The highest BCUT2D eigenvalue weighted by atomic mass is 32.1. The van der Waals surface area contributed by atoms with Crippen LogP contribution in [-0.4, -0.2) is 82.8 Å². The predicted molar refractivity (Wildman–Crippen MR) is 182 cm³/mol. The minimum atomic E-state index is -0.569. The van der Waals surface area contributed by atoms with Crippen LogP contribution in [0.15, 0.2) is 36.4 Å². The van der Waals surface area contributed by atoms with Crippen molar-refractivity contribution >= 4 is 41.4 Å². The highest BCUT2D eigenvalue weighted by Gasteiger charge is 2.66. The van der Waals surface area contributed by atoms with Crippen LogP contribution in [0.2, 0.25) is 0 Å². The number of likely N-dealkylation sites (tertiary alicyclic amines) is 2. The lowest BCUT2D eigenvalue weighted by Gasteiger charge is -2.57. The molecular weight excluding hydrogens is 598 g/mol. The van der Waals surface area contributed by atoms with Crippen molar-refractivity contribution in [3.8, 4) is 17.0 Å². The third kappa shape index (κ3) is 4.99. The number of carbonyl (C=O) groups excluding carboxylic acids is 3. The Hall–Kier alpha value is -3.50. The van der Waals surface area contributed by atoms with E-state index < -0.39 is 11.3 Å². The Balaban J connectivity index is 0.000000801. The number of aromatic nitrogens is 1. The fourth-order valence-electron chi connectivity index (χ4n) is 8.89. The van der Waals surface area contributed by atoms with Gasteiger partial charge in [-0.15, -0.1) is 0 Å². The summed E-state index contributed by atoms with van der Waals surface area (Å²) in [5.41, 5.74) is 11.6. The summed E-state index contributed by atoms with van der Waals surface area (Å²) in [5.74, 6) is 1.18. The van der Waals surface area contributed by atoms with E-state index in [9.17, 15) is 14.4 Å². The average Bonchev–Trinajstić information content (AvgIpc) is 3.71. The maximum atomic E-state index is 14.7. The molecule has 4 heterocycles. The summed E-state index contributed by atoms with van der Waals surface area (Å²) in [6, 6.07) is 12.4. The van der Waals surface area contributed by atoms with E-state index in [1.54, 1.807) is 18.3 Å². The third-order valence-corrected chi connectivity index (χ3v) is 11.1. The van der Waals surface area contributed by atoms with Gasteiger partial charge in [-0.2, -0.15) is 0 Å². The van der Waals surface area contributed by atoms with Gasteiger partial charge in [0.15, 0.2) is 0 Å². The first-order valence-electron chi connectivity index (χ1n) is 16.6. The summed E-state index contributed by atoms with van der Waals surface area (Å²) < 4.78 is 9.76. The highest BCUT2D eigenvalue weighted by Crippen LogP contribution is 2.67. The van der Waals surface area contributed by atoms with Crippen LogP contribution >= 0.6 is 12.8 Å². The van der Waals surface area contributed by atoms with Gasteiger partial charge in [-0.25, -0.2) is 0 Å². The quantitative estimate of drug-likeness (QED) is 0.382. The molecule has 3 amide bonds. The average molecular weight is 644 g/mol. The first-order chi connectivity index (χ1) is 22.0. The minimum Gasteiger partial charge on any atom is -0.497 e. The number of piperazine rings is 1. The van der Waals surface area contributed by atoms with E-state index in [-0.39, 0.29) is 29.8 Å². The van der Waals surface area contributed by atoms with Crippen molar-refractivity contribution in [1.29, 1.82) is 0 Å². The molecule has 244 valence electrons. The number of hydrogen-bond donors (Lipinski definition) is 2. The molecule has 2 N–H and O–H groups in total. The predicted octanol–water partition coefficient (Wildman–Crippen LogP) is 5.18. The van der Waals surface area contributed by atoms with Crippen molar-refractivity contribution in [2.75, 3.05) is 34.3 Å². The number of nitrogens with two attached hydrogens (primary N) is 1. The zero-order valence-corrected chi connectivity index (χ0v) is 28.2. The summed E-state index contributed by atoms with van der Waals surface area (Å²) in [6.07, 6.45) is 7.73. The van der Waals surface area contributed by atoms with E-state index in [0.29, 0.717) is 31.1 Å². The van der Waals surface area contributed by atoms with Gasteiger partial charge in [0.2, 0.25) is 17.7 Å². The van der Waals surface area contributed by atoms with Crippen molar-refractivity contribution < 1.29 is 19.1 Å². The third-order valence-electron chi connectivity index (χ3n) is 11.1. The Morgan fingerprint density at radius 3 is 2.35 bits per heavy atom. The molecule has 46 heavy (non-hydrogen) atoms. The Bertz CT molecular complexity index is 1710. The number of amides is 3. The van der Waals surface area contributed by atoms with Gasteiger partial charge < -0.3 is 24.8 Å². The lowest BCUT2D eigenvalue weighted by Crippen LogP contribution is -2.71. The molecule has 8 rings (SSSR count). The molecule has 4 fully saturated rings. The van der Waals surface area contributed by atoms with Crippen LogP contribution in [0.5, 0.6) is 5.75 Å². The fourth-order valence-corrected chi connectivity index (χ4v) is 8.89. The van der Waals surface area contributed by atoms with Gasteiger partial charge in [0.05, 0.1) is 30.3 Å². The Labute approximate surface area is 276 Å². The van der Waals surface area contributed by atoms with Crippen molar-refractivity contribution in [2.45, 2.75) is 82.3 Å². The van der Waals surface area contributed by atoms with Gasteiger partial charge in [-0.1, -0.05) is 38.1 Å². The Morgan fingerprint density at radius 2 is 1.72 bits per heavy atom. The molecule has 2 saturated heterocycles. The normalized spacial score (nSPS) is 26.2. The maximum absolute atomic E-state index is 14.7. The molecule has 9 nitrogen and oxygen atoms in total. The van der Waals surface area contributed by atoms with Gasteiger partial charge in [-0.05, 0) is 87.2 Å². The number of rotatable bonds is 4. The Kier molecular flexibility index (Phi) is 7.87. The van der Waals surface area contributed by atoms with Gasteiger partial charge in [0.1, 0.15) is 5.75 Å². The largest absolute Gasteiger partial charge is 0.497 e. The molecule has 1 aromatic heterocycles. The van der Waals surface area contributed by atoms with Gasteiger partial charge in [-0.3, -0.25) is 18.7 Å². The second kappa shape index (κ2) is 11.6. The summed E-state index contributed by atoms with van der Waals surface area (Å²) in [5, 5.41) is 1.17. The number of ether oxygens (including phenoxy) is 1. The fraction of sp³-hybridized carbons (Fsp3) is 0.528. The molecule has 3 aromatic rings. The second-order valence-electron chi connectivity index (χ2n) is 14.2. The summed E-state index contributed by atoms with van der Waals surface area (Å²) in [4.78, 5) is 43.1. The summed E-state index contributed by atoms with van der Waals surface area (Å²) >= 11 is 3.80. The van der Waals surface area contributed by atoms with Gasteiger partial charge in [0.25, 0.3) is 0 Å². The number of piperidine rings is 1. The van der Waals surface area contributed by atoms with E-state index in [2.05, 4.69) is 40.5 Å². The molecule has 2 bridgehead atoms. The maximum Gasteiger partial charge on any atom is 0.248 e. The number of primary amides is 1. The van der Waals surface area contributed by atoms with Crippen molar-refractivity contribution in [3.63, 3.8) is 0 Å². The topological polar surface area (TPSA) is 101 Å². The Morgan fingerprint density at radius 1 is 1.02 bits per heavy atom. The van der Waals surface area contributed by atoms with Crippen LogP contribution in [-0.2, 0) is 16.1 Å². The summed E-state index contributed by atoms with van der Waals surface area (Å²) in [6.45, 7) is 3.42. The second-order valence-corrected chi connectivity index (χ2v) is 15.0. The number of methoxy groups -OCH3 is 1. The number of hydrogen-bond acceptors (Lipinski definition) is 6. The van der Waals surface area contributed by atoms with Crippen LogP contribution in [0, 0.1) is 5.41 Å². The molecule has 10 heteroatoms. The number of thiol groups is 1. The first kappa shape index (κ1) is 31.1. The zero-order valence-electron chi connectivity index (χ0n) is 27.3. The molecule has 2 aromatic carbocycles. The van der Waals surface area contributed by atoms with Gasteiger partial charge in [0, 0.05) is 54.5 Å². The summed E-state index contributed by atoms with van der Waals surface area (Å²) in [7, 11) is 5.42. The number of carbonyl (C=O) groups is 3. The lowest BCUT2D eigenvalue weighted by atomic mass is 9.81. The van der Waals surface area contributed by atoms with Crippen LogP contribution in [0.3, 0.4) is 0 Å². The van der Waals surface area contributed by atoms with Crippen LogP contribution in [0.1, 0.15) is 85.2 Å². The van der Waals surface area contributed by atoms with Crippen molar-refractivity contribution in [2.24, 2.45) is 11.1 Å². The molecule has 0 spiro atoms. The molecule has 3 aliphatic heterocycles. The molecule has 2 unspecified atom stereocenters. The van der Waals surface area contributed by atoms with E-state index in [4.69, 9.17) is 10.5 Å². The first-order valence-corrected chi connectivity index (χ1v) is 17.0. The monoisotopic (exact) mass is 643 g/mol. The highest BCUT2D eigenvalue weighted by molar-refractivity contribution is 7.77.